The maximum Gasteiger partial charge on any atom is 0.270 e. The molecular formula is C3H4N3O2. The van der Waals surface area contributed by atoms with Crippen LogP contribution in [0.5, 0.6) is 0 Å². The van der Waals surface area contributed by atoms with Crippen molar-refractivity contribution in [2.45, 2.75) is 6.04 Å². The first-order valence-corrected chi connectivity index (χ1v) is 2.14. The van der Waals surface area contributed by atoms with Crippen molar-refractivity contribution in [1.82, 2.24) is 5.43 Å². The zero-order chi connectivity index (χ0) is 5.98. The summed E-state index contributed by atoms with van der Waals surface area (Å²) in [6.07, 6.45) is 1.24. The molecule has 0 aromatic heterocycles. The molecule has 1 aliphatic heterocycles. The molecule has 0 saturated carbocycles. The predicted molar refractivity (Wildman–Crippen MR) is 26.3 cm³/mol. The Labute approximate surface area is 45.5 Å². The van der Waals surface area contributed by atoms with E-state index in [9.17, 15) is 10.1 Å². The fourth-order valence-corrected chi connectivity index (χ4v) is 0.423. The largest absolute Gasteiger partial charge is 0.270 e. The third-order valence-corrected chi connectivity index (χ3v) is 0.860. The van der Waals surface area contributed by atoms with Gasteiger partial charge in [-0.25, -0.2) is 0 Å². The van der Waals surface area contributed by atoms with E-state index in [0.717, 1.165) is 0 Å². The van der Waals surface area contributed by atoms with Gasteiger partial charge in [-0.1, -0.05) is 0 Å². The van der Waals surface area contributed by atoms with Gasteiger partial charge in [0, 0.05) is 4.92 Å². The number of hydrogen-bond donors (Lipinski definition) is 0. The summed E-state index contributed by atoms with van der Waals surface area (Å²) in [5.41, 5.74) is 3.41. The van der Waals surface area contributed by atoms with E-state index in [1.54, 1.807) is 0 Å². The summed E-state index contributed by atoms with van der Waals surface area (Å²) in [6, 6.07) is -0.671. The first kappa shape index (κ1) is 5.02. The van der Waals surface area contributed by atoms with Crippen molar-refractivity contribution in [1.29, 1.82) is 0 Å². The molecule has 1 aliphatic rings. The molecule has 0 bridgehead atoms. The van der Waals surface area contributed by atoms with Crippen molar-refractivity contribution >= 4 is 6.21 Å². The Hall–Kier alpha value is -1.13. The van der Waals surface area contributed by atoms with Gasteiger partial charge in [0.1, 0.15) is 12.8 Å². The normalized spacial score (nSPS) is 25.2. The van der Waals surface area contributed by atoms with Crippen molar-refractivity contribution in [3.8, 4) is 0 Å². The molecule has 1 unspecified atom stereocenters. The lowest BCUT2D eigenvalue weighted by Crippen LogP contribution is -2.23. The lowest BCUT2D eigenvalue weighted by atomic mass is 10.4. The molecule has 0 N–H and O–H groups in total. The molecule has 0 aliphatic carbocycles. The van der Waals surface area contributed by atoms with E-state index in [1.165, 1.54) is 6.21 Å². The molecule has 5 heteroatoms. The van der Waals surface area contributed by atoms with Gasteiger partial charge in [-0.15, -0.1) is 0 Å². The molecule has 5 nitrogen and oxygen atoms in total. The number of nitro groups is 1. The van der Waals surface area contributed by atoms with Gasteiger partial charge < -0.3 is 0 Å². The summed E-state index contributed by atoms with van der Waals surface area (Å²) in [4.78, 5) is 9.45. The SMILES string of the molecule is O=[N+]([O-])C1C=N[N]C1. The van der Waals surface area contributed by atoms with Gasteiger partial charge in [0.2, 0.25) is 0 Å². The zero-order valence-electron chi connectivity index (χ0n) is 4.02. The Kier molecular flexibility index (Phi) is 1.11. The minimum Gasteiger partial charge on any atom is -0.264 e. The van der Waals surface area contributed by atoms with Gasteiger partial charge in [-0.3, -0.25) is 10.1 Å². The summed E-state index contributed by atoms with van der Waals surface area (Å²) >= 11 is 0. The summed E-state index contributed by atoms with van der Waals surface area (Å²) < 4.78 is 0. The molecule has 0 spiro atoms. The standard InChI is InChI=1S/C3H4N3O2/c7-6(8)3-1-4-5-2-3/h1,3H,2H2. The van der Waals surface area contributed by atoms with E-state index in [-0.39, 0.29) is 6.54 Å². The molecule has 8 heavy (non-hydrogen) atoms. The third-order valence-electron chi connectivity index (χ3n) is 0.860. The van der Waals surface area contributed by atoms with Crippen LogP contribution in [-0.2, 0) is 0 Å². The molecule has 1 atom stereocenters. The van der Waals surface area contributed by atoms with E-state index in [0.29, 0.717) is 0 Å². The zero-order valence-corrected chi connectivity index (χ0v) is 4.02. The highest BCUT2D eigenvalue weighted by molar-refractivity contribution is 5.64. The Morgan fingerprint density at radius 2 is 2.62 bits per heavy atom. The topological polar surface area (TPSA) is 69.6 Å². The summed E-state index contributed by atoms with van der Waals surface area (Å²) in [7, 11) is 0. The predicted octanol–water partition coefficient (Wildman–Crippen LogP) is -0.764. The van der Waals surface area contributed by atoms with Gasteiger partial charge >= 0.3 is 0 Å². The average molecular weight is 114 g/mol. The monoisotopic (exact) mass is 114 g/mol. The maximum atomic E-state index is 9.86. The van der Waals surface area contributed by atoms with Crippen molar-refractivity contribution in [3.63, 3.8) is 0 Å². The van der Waals surface area contributed by atoms with Gasteiger partial charge in [0.15, 0.2) is 0 Å². The third kappa shape index (κ3) is 0.749. The molecule has 0 saturated heterocycles. The number of hydrogen-bond acceptors (Lipinski definition) is 3. The molecule has 1 rings (SSSR count). The van der Waals surface area contributed by atoms with Crippen LogP contribution in [0.15, 0.2) is 5.10 Å². The molecule has 1 radical (unpaired) electrons. The fraction of sp³-hybridized carbons (Fsp3) is 0.667. The highest BCUT2D eigenvalue weighted by Gasteiger charge is 2.21. The highest BCUT2D eigenvalue weighted by Crippen LogP contribution is 1.90. The van der Waals surface area contributed by atoms with Crippen LogP contribution in [0.4, 0.5) is 0 Å². The van der Waals surface area contributed by atoms with Crippen molar-refractivity contribution in [3.05, 3.63) is 10.1 Å². The second-order valence-electron chi connectivity index (χ2n) is 1.44. The average Bonchev–Trinajstić information content (AvgIpc) is 2.12. The lowest BCUT2D eigenvalue weighted by Gasteiger charge is -1.90. The first-order valence-electron chi connectivity index (χ1n) is 2.14. The van der Waals surface area contributed by atoms with Gasteiger partial charge in [0.25, 0.3) is 6.04 Å². The van der Waals surface area contributed by atoms with Crippen LogP contribution in [0.25, 0.3) is 0 Å². The Morgan fingerprint density at radius 1 is 1.88 bits per heavy atom. The summed E-state index contributed by atoms with van der Waals surface area (Å²) in [6.45, 7) is 0.201. The number of nitrogens with zero attached hydrogens (tertiary/aromatic N) is 3. The highest BCUT2D eigenvalue weighted by atomic mass is 16.6. The van der Waals surface area contributed by atoms with Crippen LogP contribution < -0.4 is 5.43 Å². The summed E-state index contributed by atoms with van der Waals surface area (Å²) in [5.74, 6) is 0. The van der Waals surface area contributed by atoms with Crippen LogP contribution in [-0.4, -0.2) is 23.7 Å². The van der Waals surface area contributed by atoms with Gasteiger partial charge in [-0.2, -0.15) is 10.5 Å². The number of rotatable bonds is 1. The van der Waals surface area contributed by atoms with Crippen LogP contribution in [0.3, 0.4) is 0 Å². The van der Waals surface area contributed by atoms with Gasteiger partial charge in [-0.05, 0) is 0 Å². The van der Waals surface area contributed by atoms with Crippen molar-refractivity contribution in [2.75, 3.05) is 6.54 Å². The van der Waals surface area contributed by atoms with Crippen LogP contribution >= 0.6 is 0 Å². The molecule has 0 aromatic carbocycles. The second kappa shape index (κ2) is 1.77. The van der Waals surface area contributed by atoms with Crippen molar-refractivity contribution in [2.24, 2.45) is 5.10 Å². The molecular weight excluding hydrogens is 110 g/mol. The van der Waals surface area contributed by atoms with Crippen LogP contribution in [0.2, 0.25) is 0 Å². The van der Waals surface area contributed by atoms with E-state index < -0.39 is 11.0 Å². The lowest BCUT2D eigenvalue weighted by molar-refractivity contribution is -0.498. The smallest absolute Gasteiger partial charge is 0.264 e. The van der Waals surface area contributed by atoms with Crippen LogP contribution in [0, 0.1) is 10.1 Å². The van der Waals surface area contributed by atoms with E-state index in [4.69, 9.17) is 0 Å². The molecule has 1 heterocycles. The summed E-state index contributed by atoms with van der Waals surface area (Å²) in [5, 5.41) is 13.2. The van der Waals surface area contributed by atoms with Crippen molar-refractivity contribution < 1.29 is 4.92 Å². The quantitative estimate of drug-likeness (QED) is 0.332. The Balaban J connectivity index is 2.48. The molecule has 0 fully saturated rings. The molecule has 0 aromatic rings. The molecule has 0 amide bonds. The Bertz CT molecular complexity index is 132. The van der Waals surface area contributed by atoms with E-state index in [2.05, 4.69) is 10.5 Å². The van der Waals surface area contributed by atoms with E-state index in [1.807, 2.05) is 0 Å². The minimum absolute atomic E-state index is 0.201. The minimum atomic E-state index is -0.671. The molecule has 43 valence electrons. The van der Waals surface area contributed by atoms with Gasteiger partial charge in [0.05, 0.1) is 0 Å². The fourth-order valence-electron chi connectivity index (χ4n) is 0.423. The second-order valence-corrected chi connectivity index (χ2v) is 1.44. The van der Waals surface area contributed by atoms with E-state index >= 15 is 0 Å². The maximum absolute atomic E-state index is 9.86. The first-order chi connectivity index (χ1) is 3.80. The Morgan fingerprint density at radius 3 is 2.88 bits per heavy atom. The van der Waals surface area contributed by atoms with Crippen LogP contribution in [0.1, 0.15) is 0 Å².